The van der Waals surface area contributed by atoms with Crippen molar-refractivity contribution in [2.75, 3.05) is 0 Å². The first kappa shape index (κ1) is 3.86. The van der Waals surface area contributed by atoms with Crippen LogP contribution in [0, 0.1) is 0 Å². The second kappa shape index (κ2) is 0.844. The Morgan fingerprint density at radius 3 is 1.33 bits per heavy atom. The summed E-state index contributed by atoms with van der Waals surface area (Å²) in [4.78, 5) is 0. The first-order chi connectivity index (χ1) is 2.73. The molecule has 0 aromatic carbocycles. The third-order valence-electron chi connectivity index (χ3n) is 0.569. The van der Waals surface area contributed by atoms with Gasteiger partial charge in [-0.1, -0.05) is 0 Å². The average Bonchev–Trinajstić information content (AvgIpc) is 1.94. The highest BCUT2D eigenvalue weighted by Gasteiger charge is 2.27. The van der Waals surface area contributed by atoms with E-state index in [1.807, 2.05) is 0 Å². The molecular weight excluding hydrogens is 102 g/mol. The minimum Gasteiger partial charge on any atom is -0.203 e. The molecule has 0 spiro atoms. The van der Waals surface area contributed by atoms with Crippen molar-refractivity contribution >= 4 is 15.0 Å². The molecule has 1 rings (SSSR count). The van der Waals surface area contributed by atoms with Gasteiger partial charge in [0.25, 0.3) is 0 Å². The largest absolute Gasteiger partial charge is 0.203 e. The Labute approximate surface area is 36.5 Å². The quantitative estimate of drug-likeness (QED) is 0.390. The Hall–Kier alpha value is -0.313. The van der Waals surface area contributed by atoms with E-state index in [0.29, 0.717) is 0 Å². The van der Waals surface area contributed by atoms with Gasteiger partial charge in [-0.3, -0.25) is 0 Å². The van der Waals surface area contributed by atoms with Gasteiger partial charge in [-0.05, 0) is 0 Å². The summed E-state index contributed by atoms with van der Waals surface area (Å²) in [6.07, 6.45) is 0. The Kier molecular flexibility index (Phi) is 0.544. The molecule has 0 saturated heterocycles. The Balaban J connectivity index is 2.78. The molecule has 0 saturated carbocycles. The van der Waals surface area contributed by atoms with Gasteiger partial charge < -0.3 is 0 Å². The smallest absolute Gasteiger partial charge is 0.164 e. The van der Waals surface area contributed by atoms with Crippen LogP contribution < -0.4 is 0 Å². The van der Waals surface area contributed by atoms with E-state index in [-0.39, 0.29) is 5.17 Å². The summed E-state index contributed by atoms with van der Waals surface area (Å²) in [5.41, 5.74) is 0. The number of rotatable bonds is 0. The minimum absolute atomic E-state index is 0.0185. The van der Waals surface area contributed by atoms with E-state index in [1.165, 1.54) is 0 Å². The minimum atomic E-state index is -0.744. The molecule has 0 aliphatic heterocycles. The van der Waals surface area contributed by atoms with E-state index < -0.39 is 11.7 Å². The van der Waals surface area contributed by atoms with Gasteiger partial charge in [0.05, 0.1) is 0 Å². The van der Waals surface area contributed by atoms with Crippen LogP contribution >= 0.6 is 0 Å². The van der Waals surface area contributed by atoms with Crippen molar-refractivity contribution in [3.63, 3.8) is 0 Å². The van der Waals surface area contributed by atoms with E-state index in [2.05, 4.69) is 9.85 Å². The molecule has 0 aromatic heterocycles. The van der Waals surface area contributed by atoms with Crippen molar-refractivity contribution in [2.24, 2.45) is 0 Å². The second-order valence-corrected chi connectivity index (χ2v) is 1.50. The maximum atomic E-state index is 11.3. The van der Waals surface area contributed by atoms with Crippen LogP contribution in [-0.2, 0) is 0 Å². The highest BCUT2D eigenvalue weighted by atomic mass is 28.1. The highest BCUT2D eigenvalue weighted by molar-refractivity contribution is 6.56. The molecule has 0 aromatic rings. The van der Waals surface area contributed by atoms with Gasteiger partial charge in [-0.15, -0.1) is 0 Å². The monoisotopic (exact) mass is 102 g/mol. The van der Waals surface area contributed by atoms with Crippen molar-refractivity contribution in [2.45, 2.75) is 0 Å². The predicted octanol–water partition coefficient (Wildman–Crippen LogP) is 0.492. The first-order valence-electron chi connectivity index (χ1n) is 1.38. The lowest BCUT2D eigenvalue weighted by Crippen LogP contribution is -1.65. The molecule has 0 amide bonds. The molecule has 0 N–H and O–H groups in total. The summed E-state index contributed by atoms with van der Waals surface area (Å²) in [5.74, 6) is -1.49. The van der Waals surface area contributed by atoms with Crippen LogP contribution in [0.4, 0.5) is 8.78 Å². The lowest BCUT2D eigenvalue weighted by Gasteiger charge is -1.52. The molecule has 1 aliphatic rings. The normalized spacial score (nSPS) is 19.3. The summed E-state index contributed by atoms with van der Waals surface area (Å²) in [7, 11) is 2.65. The molecule has 2 radical (unpaired) electrons. The van der Waals surface area contributed by atoms with Gasteiger partial charge in [0.1, 0.15) is 0 Å². The fourth-order valence-electron chi connectivity index (χ4n) is 0.144. The molecule has 6 heavy (non-hydrogen) atoms. The molecule has 3 heteroatoms. The molecule has 0 atom stereocenters. The molecule has 0 heterocycles. The number of allylic oxidation sites excluding steroid dienone is 2. The van der Waals surface area contributed by atoms with Crippen LogP contribution in [0.1, 0.15) is 0 Å². The van der Waals surface area contributed by atoms with Crippen LogP contribution in [0.15, 0.2) is 11.7 Å². The van der Waals surface area contributed by atoms with E-state index in [0.717, 1.165) is 0 Å². The molecule has 0 bridgehead atoms. The molecule has 0 fully saturated rings. The van der Waals surface area contributed by atoms with E-state index >= 15 is 0 Å². The zero-order chi connectivity index (χ0) is 4.73. The van der Waals surface area contributed by atoms with Crippen LogP contribution in [-0.4, -0.2) is 15.0 Å². The Bertz CT molecular complexity index is 122. The van der Waals surface area contributed by atoms with Crippen LogP contribution in [0.5, 0.6) is 0 Å². The first-order valence-corrected chi connectivity index (χ1v) is 1.88. The maximum Gasteiger partial charge on any atom is 0.164 e. The van der Waals surface area contributed by atoms with Gasteiger partial charge in [0.15, 0.2) is 11.7 Å². The van der Waals surface area contributed by atoms with Crippen molar-refractivity contribution in [3.8, 4) is 0 Å². The predicted molar refractivity (Wildman–Crippen MR) is 20.0 cm³/mol. The highest BCUT2D eigenvalue weighted by Crippen LogP contribution is 2.26. The SMILES string of the molecule is FC1=C(F)C1=[Si]. The lowest BCUT2D eigenvalue weighted by atomic mass is 10.8. The third kappa shape index (κ3) is 0.284. The third-order valence-corrected chi connectivity index (χ3v) is 1.01. The lowest BCUT2D eigenvalue weighted by molar-refractivity contribution is 0.645. The number of hydrogen-bond donors (Lipinski definition) is 0. The number of hydrogen-bond acceptors (Lipinski definition) is 0. The summed E-state index contributed by atoms with van der Waals surface area (Å²) in [6, 6.07) is 0. The van der Waals surface area contributed by atoms with Crippen molar-refractivity contribution < 1.29 is 8.78 Å². The van der Waals surface area contributed by atoms with Gasteiger partial charge in [0.2, 0.25) is 0 Å². The maximum absolute atomic E-state index is 11.3. The summed E-state index contributed by atoms with van der Waals surface area (Å²) < 4.78 is 22.6. The molecular formula is C3F2Si. The van der Waals surface area contributed by atoms with E-state index in [4.69, 9.17) is 0 Å². The van der Waals surface area contributed by atoms with Gasteiger partial charge in [0, 0.05) is 15.0 Å². The van der Waals surface area contributed by atoms with Gasteiger partial charge in [-0.25, -0.2) is 8.78 Å². The standard InChI is InChI=1S/C3F2Si/c4-1-2(5)3(1)6. The van der Waals surface area contributed by atoms with Gasteiger partial charge >= 0.3 is 0 Å². The molecule has 0 unspecified atom stereocenters. The fraction of sp³-hybridized carbons (Fsp3) is 0. The van der Waals surface area contributed by atoms with Crippen LogP contribution in [0.3, 0.4) is 0 Å². The summed E-state index contributed by atoms with van der Waals surface area (Å²) in [6.45, 7) is 0. The average molecular weight is 102 g/mol. The van der Waals surface area contributed by atoms with E-state index in [9.17, 15) is 8.78 Å². The second-order valence-electron chi connectivity index (χ2n) is 1.00. The molecule has 0 nitrogen and oxygen atoms in total. The topological polar surface area (TPSA) is 0 Å². The summed E-state index contributed by atoms with van der Waals surface area (Å²) >= 11 is 0. The van der Waals surface area contributed by atoms with Gasteiger partial charge in [-0.2, -0.15) is 0 Å². The zero-order valence-electron chi connectivity index (χ0n) is 2.76. The van der Waals surface area contributed by atoms with Crippen LogP contribution in [0.25, 0.3) is 0 Å². The van der Waals surface area contributed by atoms with Crippen molar-refractivity contribution in [1.29, 1.82) is 0 Å². The zero-order valence-corrected chi connectivity index (χ0v) is 3.76. The fourth-order valence-corrected chi connectivity index (χ4v) is 0.301. The Morgan fingerprint density at radius 1 is 1.17 bits per heavy atom. The number of halogens is 2. The molecule has 1 aliphatic carbocycles. The van der Waals surface area contributed by atoms with Crippen molar-refractivity contribution in [3.05, 3.63) is 11.7 Å². The van der Waals surface area contributed by atoms with Crippen molar-refractivity contribution in [1.82, 2.24) is 0 Å². The summed E-state index contributed by atoms with van der Waals surface area (Å²) in [5, 5.41) is -0.0185. The Morgan fingerprint density at radius 2 is 1.33 bits per heavy atom. The molecule has 30 valence electrons. The van der Waals surface area contributed by atoms with Crippen LogP contribution in [0.2, 0.25) is 0 Å². The van der Waals surface area contributed by atoms with E-state index in [1.54, 1.807) is 0 Å².